The number of hydrogen-bond acceptors (Lipinski definition) is 5. The first-order valence-corrected chi connectivity index (χ1v) is 11.2. The van der Waals surface area contributed by atoms with Gasteiger partial charge in [0.05, 0.1) is 5.69 Å². The van der Waals surface area contributed by atoms with Crippen molar-refractivity contribution >= 4 is 11.7 Å². The van der Waals surface area contributed by atoms with E-state index >= 15 is 0 Å². The normalized spacial score (nSPS) is 18.8. The molecule has 0 aliphatic carbocycles. The van der Waals surface area contributed by atoms with Crippen molar-refractivity contribution in [3.8, 4) is 0 Å². The van der Waals surface area contributed by atoms with Gasteiger partial charge in [0.15, 0.2) is 0 Å². The molecule has 1 atom stereocenters. The molecule has 1 amide bonds. The number of nitrogens with zero attached hydrogens (tertiary/aromatic N) is 4. The quantitative estimate of drug-likeness (QED) is 0.770. The number of carbonyl (C=O) groups is 1. The molecule has 1 fully saturated rings. The summed E-state index contributed by atoms with van der Waals surface area (Å²) >= 11 is 0. The predicted molar refractivity (Wildman–Crippen MR) is 120 cm³/mol. The monoisotopic (exact) mass is 425 g/mol. The minimum atomic E-state index is -0.180. The molecule has 31 heavy (non-hydrogen) atoms. The minimum Gasteiger partial charge on any atom is -0.373 e. The highest BCUT2D eigenvalue weighted by Crippen LogP contribution is 2.30. The molecular formula is C24H32FN5O. The summed E-state index contributed by atoms with van der Waals surface area (Å²) in [6, 6.07) is 5.19. The second kappa shape index (κ2) is 9.30. The maximum atomic E-state index is 13.4. The van der Waals surface area contributed by atoms with Gasteiger partial charge in [-0.3, -0.25) is 4.79 Å². The lowest BCUT2D eigenvalue weighted by Gasteiger charge is -2.26. The Morgan fingerprint density at radius 2 is 2.13 bits per heavy atom. The average molecular weight is 426 g/mol. The van der Waals surface area contributed by atoms with Crippen LogP contribution < -0.4 is 5.32 Å². The lowest BCUT2D eigenvalue weighted by atomic mass is 10.0. The highest BCUT2D eigenvalue weighted by atomic mass is 19.1. The van der Waals surface area contributed by atoms with Crippen molar-refractivity contribution in [2.24, 2.45) is 0 Å². The third-order valence-corrected chi connectivity index (χ3v) is 6.49. The number of fused-ring (bicyclic) bond motifs is 1. The molecule has 1 aromatic heterocycles. The van der Waals surface area contributed by atoms with E-state index in [1.165, 1.54) is 11.6 Å². The Hall–Kier alpha value is -2.54. The van der Waals surface area contributed by atoms with Crippen LogP contribution in [-0.2, 0) is 24.2 Å². The highest BCUT2D eigenvalue weighted by molar-refractivity contribution is 5.76. The number of likely N-dealkylation sites (tertiary alicyclic amines) is 1. The van der Waals surface area contributed by atoms with E-state index in [9.17, 15) is 9.18 Å². The molecule has 7 heteroatoms. The van der Waals surface area contributed by atoms with E-state index in [1.807, 2.05) is 24.1 Å². The Morgan fingerprint density at radius 3 is 2.90 bits per heavy atom. The fraction of sp³-hybridized carbons (Fsp3) is 0.542. The number of rotatable bonds is 6. The van der Waals surface area contributed by atoms with Crippen molar-refractivity contribution in [2.45, 2.75) is 51.5 Å². The maximum Gasteiger partial charge on any atom is 0.222 e. The molecule has 0 spiro atoms. The van der Waals surface area contributed by atoms with Crippen molar-refractivity contribution in [3.63, 3.8) is 0 Å². The van der Waals surface area contributed by atoms with Gasteiger partial charge in [0.25, 0.3) is 0 Å². The standard InChI is InChI=1S/C24H32FN5O/c1-16-13-17(7-8-20(16)25)5-4-6-22(31)30-12-9-18(14-30)23-27-21-10-11-29(3)15-19(21)24(26-2)28-23/h7-8,13,18H,4-6,9-12,14-15H2,1-3H3,(H,26,27,28). The smallest absolute Gasteiger partial charge is 0.222 e. The van der Waals surface area contributed by atoms with E-state index in [0.717, 1.165) is 68.2 Å². The first-order valence-electron chi connectivity index (χ1n) is 11.2. The Kier molecular flexibility index (Phi) is 6.51. The van der Waals surface area contributed by atoms with Crippen molar-refractivity contribution in [2.75, 3.05) is 39.0 Å². The van der Waals surface area contributed by atoms with Gasteiger partial charge in [-0.15, -0.1) is 0 Å². The SMILES string of the molecule is CNc1nc(C2CCN(C(=O)CCCc3ccc(F)c(C)c3)C2)nc2c1CN(C)CC2. The third-order valence-electron chi connectivity index (χ3n) is 6.49. The largest absolute Gasteiger partial charge is 0.373 e. The lowest BCUT2D eigenvalue weighted by molar-refractivity contribution is -0.130. The van der Waals surface area contributed by atoms with Crippen LogP contribution in [-0.4, -0.2) is 59.4 Å². The molecule has 4 rings (SSSR count). The summed E-state index contributed by atoms with van der Waals surface area (Å²) in [6.07, 6.45) is 3.93. The summed E-state index contributed by atoms with van der Waals surface area (Å²) in [4.78, 5) is 26.7. The Labute approximate surface area is 183 Å². The molecule has 6 nitrogen and oxygen atoms in total. The van der Waals surface area contributed by atoms with Crippen LogP contribution in [0.25, 0.3) is 0 Å². The summed E-state index contributed by atoms with van der Waals surface area (Å²) in [5, 5.41) is 3.24. The number of likely N-dealkylation sites (N-methyl/N-ethyl adjacent to an activating group) is 1. The maximum absolute atomic E-state index is 13.4. The summed E-state index contributed by atoms with van der Waals surface area (Å²) in [5.41, 5.74) is 4.08. The molecule has 0 radical (unpaired) electrons. The summed E-state index contributed by atoms with van der Waals surface area (Å²) in [6.45, 7) is 5.10. The van der Waals surface area contributed by atoms with Crippen LogP contribution in [0.4, 0.5) is 10.2 Å². The van der Waals surface area contributed by atoms with Crippen molar-refractivity contribution < 1.29 is 9.18 Å². The molecule has 1 saturated heterocycles. The first-order chi connectivity index (χ1) is 14.9. The van der Waals surface area contributed by atoms with Crippen LogP contribution in [0, 0.1) is 12.7 Å². The molecule has 1 N–H and O–H groups in total. The number of halogens is 1. The van der Waals surface area contributed by atoms with Crippen molar-refractivity contribution in [1.29, 1.82) is 0 Å². The molecule has 1 aromatic carbocycles. The zero-order valence-corrected chi connectivity index (χ0v) is 18.7. The number of anilines is 1. The molecule has 166 valence electrons. The van der Waals surface area contributed by atoms with Gasteiger partial charge in [0, 0.05) is 57.5 Å². The average Bonchev–Trinajstić information content (AvgIpc) is 3.26. The Bertz CT molecular complexity index is 946. The fourth-order valence-electron chi connectivity index (χ4n) is 4.62. The van der Waals surface area contributed by atoms with Crippen molar-refractivity contribution in [1.82, 2.24) is 19.8 Å². The number of hydrogen-bond donors (Lipinski definition) is 1. The number of aromatic nitrogens is 2. The number of amides is 1. The number of benzene rings is 1. The van der Waals surface area contributed by atoms with E-state index in [1.54, 1.807) is 6.92 Å². The first kappa shape index (κ1) is 21.7. The highest BCUT2D eigenvalue weighted by Gasteiger charge is 2.30. The number of carbonyl (C=O) groups excluding carboxylic acids is 1. The summed E-state index contributed by atoms with van der Waals surface area (Å²) in [5.74, 6) is 1.99. The van der Waals surface area contributed by atoms with Crippen molar-refractivity contribution in [3.05, 3.63) is 52.2 Å². The van der Waals surface area contributed by atoms with Gasteiger partial charge in [-0.25, -0.2) is 14.4 Å². The Balaban J connectivity index is 1.34. The minimum absolute atomic E-state index is 0.180. The van der Waals surface area contributed by atoms with Crippen LogP contribution in [0.2, 0.25) is 0 Å². The lowest BCUT2D eigenvalue weighted by Crippen LogP contribution is -2.30. The molecule has 2 aliphatic rings. The van der Waals surface area contributed by atoms with Crippen LogP contribution in [0.3, 0.4) is 0 Å². The summed E-state index contributed by atoms with van der Waals surface area (Å²) in [7, 11) is 4.03. The van der Waals surface area contributed by atoms with Crippen LogP contribution in [0.15, 0.2) is 18.2 Å². The molecule has 0 saturated carbocycles. The molecule has 0 bridgehead atoms. The predicted octanol–water partition coefficient (Wildman–Crippen LogP) is 3.29. The van der Waals surface area contributed by atoms with E-state index < -0.39 is 0 Å². The topological polar surface area (TPSA) is 61.4 Å². The second-order valence-corrected chi connectivity index (χ2v) is 8.86. The van der Waals surface area contributed by atoms with Crippen LogP contribution in [0.1, 0.15) is 53.4 Å². The Morgan fingerprint density at radius 1 is 1.29 bits per heavy atom. The molecule has 2 aliphatic heterocycles. The fourth-order valence-corrected chi connectivity index (χ4v) is 4.62. The van der Waals surface area contributed by atoms with Gasteiger partial charge in [-0.1, -0.05) is 12.1 Å². The van der Waals surface area contributed by atoms with E-state index in [0.29, 0.717) is 18.5 Å². The summed E-state index contributed by atoms with van der Waals surface area (Å²) < 4.78 is 13.4. The zero-order chi connectivity index (χ0) is 22.0. The number of nitrogens with one attached hydrogen (secondary N) is 1. The molecule has 1 unspecified atom stereocenters. The van der Waals surface area contributed by atoms with Gasteiger partial charge < -0.3 is 15.1 Å². The zero-order valence-electron chi connectivity index (χ0n) is 18.7. The van der Waals surface area contributed by atoms with E-state index in [-0.39, 0.29) is 17.6 Å². The van der Waals surface area contributed by atoms with E-state index in [4.69, 9.17) is 9.97 Å². The molecule has 3 heterocycles. The van der Waals surface area contributed by atoms with Gasteiger partial charge in [0.1, 0.15) is 17.5 Å². The number of aryl methyl sites for hydroxylation is 2. The van der Waals surface area contributed by atoms with E-state index in [2.05, 4.69) is 17.3 Å². The molecule has 2 aromatic rings. The molecular weight excluding hydrogens is 393 g/mol. The van der Waals surface area contributed by atoms with Gasteiger partial charge >= 0.3 is 0 Å². The van der Waals surface area contributed by atoms with Crippen LogP contribution in [0.5, 0.6) is 0 Å². The van der Waals surface area contributed by atoms with Crippen LogP contribution >= 0.6 is 0 Å². The van der Waals surface area contributed by atoms with Gasteiger partial charge in [0.2, 0.25) is 5.91 Å². The third kappa shape index (κ3) is 4.87. The van der Waals surface area contributed by atoms with Gasteiger partial charge in [-0.05, 0) is 50.4 Å². The second-order valence-electron chi connectivity index (χ2n) is 8.86. The van der Waals surface area contributed by atoms with Gasteiger partial charge in [-0.2, -0.15) is 0 Å².